The molecule has 2 rings (SSSR count). The number of fused-ring (bicyclic) bond motifs is 1. The number of nitriles is 1. The third-order valence-corrected chi connectivity index (χ3v) is 3.31. The van der Waals surface area contributed by atoms with Gasteiger partial charge >= 0.3 is 0 Å². The second kappa shape index (κ2) is 3.24. The fourth-order valence-electron chi connectivity index (χ4n) is 1.50. The Morgan fingerprint density at radius 2 is 2.36 bits per heavy atom. The molecule has 0 bridgehead atoms. The van der Waals surface area contributed by atoms with Crippen molar-refractivity contribution in [3.63, 3.8) is 0 Å². The Kier molecular flexibility index (Phi) is 2.06. The van der Waals surface area contributed by atoms with Crippen molar-refractivity contribution < 1.29 is 4.79 Å². The maximum Gasteiger partial charge on any atom is 0.150 e. The van der Waals surface area contributed by atoms with Crippen molar-refractivity contribution in [2.75, 3.05) is 0 Å². The maximum atomic E-state index is 10.8. The van der Waals surface area contributed by atoms with E-state index in [0.717, 1.165) is 21.9 Å². The molecule has 0 atom stereocenters. The number of benzene rings is 1. The highest BCUT2D eigenvalue weighted by Crippen LogP contribution is 2.29. The van der Waals surface area contributed by atoms with Gasteiger partial charge in [0.15, 0.2) is 0 Å². The molecular formula is C11H7NOS. The van der Waals surface area contributed by atoms with E-state index < -0.39 is 0 Å². The van der Waals surface area contributed by atoms with Crippen LogP contribution < -0.4 is 0 Å². The molecule has 0 saturated heterocycles. The van der Waals surface area contributed by atoms with Crippen molar-refractivity contribution in [1.29, 1.82) is 5.26 Å². The van der Waals surface area contributed by atoms with Crippen molar-refractivity contribution in [2.24, 2.45) is 0 Å². The zero-order valence-electron chi connectivity index (χ0n) is 7.57. The van der Waals surface area contributed by atoms with Gasteiger partial charge in [-0.2, -0.15) is 5.26 Å². The predicted octanol–water partition coefficient (Wildman–Crippen LogP) is 2.89. The maximum absolute atomic E-state index is 10.8. The molecule has 1 heterocycles. The Morgan fingerprint density at radius 1 is 1.57 bits per heavy atom. The number of aryl methyl sites for hydroxylation is 1. The van der Waals surface area contributed by atoms with Crippen LogP contribution in [0, 0.1) is 18.3 Å². The molecule has 0 radical (unpaired) electrons. The molecule has 68 valence electrons. The van der Waals surface area contributed by atoms with Gasteiger partial charge in [0.25, 0.3) is 0 Å². The van der Waals surface area contributed by atoms with Crippen molar-refractivity contribution in [1.82, 2.24) is 0 Å². The van der Waals surface area contributed by atoms with Gasteiger partial charge in [-0.3, -0.25) is 4.79 Å². The van der Waals surface area contributed by atoms with E-state index in [0.29, 0.717) is 11.1 Å². The Bertz CT molecular complexity index is 548. The lowest BCUT2D eigenvalue weighted by atomic mass is 10.0. The molecular weight excluding hydrogens is 194 g/mol. The van der Waals surface area contributed by atoms with Gasteiger partial charge in [-0.05, 0) is 30.0 Å². The van der Waals surface area contributed by atoms with Crippen LogP contribution in [0.25, 0.3) is 10.1 Å². The Balaban J connectivity index is 2.95. The molecule has 2 nitrogen and oxygen atoms in total. The Morgan fingerprint density at radius 3 is 3.00 bits per heavy atom. The minimum atomic E-state index is 0.578. The normalized spacial score (nSPS) is 10.0. The minimum Gasteiger partial charge on any atom is -0.298 e. The molecule has 0 saturated carbocycles. The van der Waals surface area contributed by atoms with Gasteiger partial charge < -0.3 is 0 Å². The van der Waals surface area contributed by atoms with Gasteiger partial charge in [0.1, 0.15) is 6.29 Å². The van der Waals surface area contributed by atoms with Crippen LogP contribution in [0.3, 0.4) is 0 Å². The lowest BCUT2D eigenvalue weighted by Crippen LogP contribution is -1.88. The fraction of sp³-hybridized carbons (Fsp3) is 0.0909. The van der Waals surface area contributed by atoms with E-state index in [1.165, 1.54) is 0 Å². The largest absolute Gasteiger partial charge is 0.298 e. The second-order valence-corrected chi connectivity index (χ2v) is 3.95. The van der Waals surface area contributed by atoms with Crippen LogP contribution in [0.1, 0.15) is 21.5 Å². The van der Waals surface area contributed by atoms with Crippen molar-refractivity contribution >= 4 is 27.7 Å². The predicted molar refractivity (Wildman–Crippen MR) is 56.7 cm³/mol. The second-order valence-electron chi connectivity index (χ2n) is 3.03. The smallest absolute Gasteiger partial charge is 0.150 e. The quantitative estimate of drug-likeness (QED) is 0.665. The fourth-order valence-corrected chi connectivity index (χ4v) is 2.44. The lowest BCUT2D eigenvalue weighted by molar-refractivity contribution is 0.112. The molecule has 0 aliphatic rings. The minimum absolute atomic E-state index is 0.578. The average molecular weight is 201 g/mol. The molecule has 0 fully saturated rings. The summed E-state index contributed by atoms with van der Waals surface area (Å²) in [6.07, 6.45) is 0.801. The molecule has 0 aliphatic heterocycles. The van der Waals surface area contributed by atoms with E-state index in [4.69, 9.17) is 5.26 Å². The first-order valence-corrected chi connectivity index (χ1v) is 5.02. The topological polar surface area (TPSA) is 40.9 Å². The summed E-state index contributed by atoms with van der Waals surface area (Å²) in [5.41, 5.74) is 2.15. The van der Waals surface area contributed by atoms with E-state index in [2.05, 4.69) is 6.07 Å². The molecule has 1 aromatic carbocycles. The number of thiophene rings is 1. The zero-order valence-corrected chi connectivity index (χ0v) is 8.39. The number of carbonyl (C=O) groups excluding carboxylic acids is 1. The first-order chi connectivity index (χ1) is 6.77. The molecule has 0 amide bonds. The van der Waals surface area contributed by atoms with Gasteiger partial charge in [-0.15, -0.1) is 11.3 Å². The Labute approximate surface area is 85.4 Å². The van der Waals surface area contributed by atoms with Crippen LogP contribution in [0.2, 0.25) is 0 Å². The number of carbonyl (C=O) groups is 1. The van der Waals surface area contributed by atoms with Crippen molar-refractivity contribution in [3.05, 3.63) is 34.2 Å². The van der Waals surface area contributed by atoms with Gasteiger partial charge in [-0.25, -0.2) is 0 Å². The van der Waals surface area contributed by atoms with Crippen LogP contribution >= 0.6 is 11.3 Å². The van der Waals surface area contributed by atoms with Crippen LogP contribution in [-0.4, -0.2) is 6.29 Å². The SMILES string of the molecule is Cc1c(C=O)cc(C#N)c2ccsc12. The highest BCUT2D eigenvalue weighted by atomic mass is 32.1. The summed E-state index contributed by atoms with van der Waals surface area (Å²) >= 11 is 1.56. The van der Waals surface area contributed by atoms with E-state index >= 15 is 0 Å². The van der Waals surface area contributed by atoms with Crippen molar-refractivity contribution in [2.45, 2.75) is 6.92 Å². The summed E-state index contributed by atoms with van der Waals surface area (Å²) < 4.78 is 1.03. The van der Waals surface area contributed by atoms with E-state index in [-0.39, 0.29) is 0 Å². The summed E-state index contributed by atoms with van der Waals surface area (Å²) in [4.78, 5) is 10.8. The summed E-state index contributed by atoms with van der Waals surface area (Å²) in [7, 11) is 0. The van der Waals surface area contributed by atoms with Crippen molar-refractivity contribution in [3.8, 4) is 6.07 Å². The lowest BCUT2D eigenvalue weighted by Gasteiger charge is -2.01. The van der Waals surface area contributed by atoms with Crippen LogP contribution in [0.5, 0.6) is 0 Å². The summed E-state index contributed by atoms with van der Waals surface area (Å²) in [6, 6.07) is 5.67. The molecule has 0 aliphatic carbocycles. The van der Waals surface area contributed by atoms with Crippen LogP contribution in [0.15, 0.2) is 17.5 Å². The first-order valence-electron chi connectivity index (χ1n) is 4.14. The van der Waals surface area contributed by atoms with E-state index in [1.807, 2.05) is 18.4 Å². The summed E-state index contributed by atoms with van der Waals surface area (Å²) in [5, 5.41) is 11.8. The zero-order chi connectivity index (χ0) is 10.1. The molecule has 0 unspecified atom stereocenters. The number of aldehydes is 1. The van der Waals surface area contributed by atoms with E-state index in [1.54, 1.807) is 17.4 Å². The third kappa shape index (κ3) is 1.12. The molecule has 14 heavy (non-hydrogen) atoms. The van der Waals surface area contributed by atoms with Gasteiger partial charge in [0.05, 0.1) is 11.6 Å². The molecule has 2 aromatic rings. The van der Waals surface area contributed by atoms with Gasteiger partial charge in [-0.1, -0.05) is 0 Å². The average Bonchev–Trinajstić information content (AvgIpc) is 2.68. The third-order valence-electron chi connectivity index (χ3n) is 2.28. The highest BCUT2D eigenvalue weighted by Gasteiger charge is 2.08. The number of hydrogen-bond donors (Lipinski definition) is 0. The van der Waals surface area contributed by atoms with Crippen LogP contribution in [-0.2, 0) is 0 Å². The highest BCUT2D eigenvalue weighted by molar-refractivity contribution is 7.17. The standard InChI is InChI=1S/C11H7NOS/c1-7-9(6-13)4-8(5-12)10-2-3-14-11(7)10/h2-4,6H,1H3. The Hall–Kier alpha value is -1.66. The monoisotopic (exact) mass is 201 g/mol. The first kappa shape index (κ1) is 8.92. The molecule has 3 heteroatoms. The summed E-state index contributed by atoms with van der Waals surface area (Å²) in [5.74, 6) is 0. The molecule has 0 spiro atoms. The van der Waals surface area contributed by atoms with Gasteiger partial charge in [0, 0.05) is 15.6 Å². The van der Waals surface area contributed by atoms with Crippen LogP contribution in [0.4, 0.5) is 0 Å². The molecule has 1 aromatic heterocycles. The van der Waals surface area contributed by atoms with E-state index in [9.17, 15) is 4.79 Å². The van der Waals surface area contributed by atoms with Gasteiger partial charge in [0.2, 0.25) is 0 Å². The number of nitrogens with zero attached hydrogens (tertiary/aromatic N) is 1. The number of hydrogen-bond acceptors (Lipinski definition) is 3. The number of rotatable bonds is 1. The molecule has 0 N–H and O–H groups in total. The summed E-state index contributed by atoms with van der Waals surface area (Å²) in [6.45, 7) is 1.91.